The molecule has 0 amide bonds. The van der Waals surface area contributed by atoms with Crippen LogP contribution in [0.25, 0.3) is 0 Å². The molecule has 0 heterocycles. The fourth-order valence-corrected chi connectivity index (χ4v) is 0.493. The third-order valence-corrected chi connectivity index (χ3v) is 0.916. The van der Waals surface area contributed by atoms with Gasteiger partial charge in [-0.25, -0.2) is 5.48 Å². The molecule has 0 unspecified atom stereocenters. The third-order valence-electron chi connectivity index (χ3n) is 0.916. The molecule has 0 aliphatic heterocycles. The average molecular weight is 133 g/mol. The summed E-state index contributed by atoms with van der Waals surface area (Å²) in [6.45, 7) is 4.46. The van der Waals surface area contributed by atoms with Crippen molar-refractivity contribution < 1.29 is 9.57 Å². The number of nitrogens with one attached hydrogen (secondary N) is 1. The summed E-state index contributed by atoms with van der Waals surface area (Å²) in [5.74, 6) is 0. The van der Waals surface area contributed by atoms with Crippen molar-refractivity contribution >= 4 is 0 Å². The van der Waals surface area contributed by atoms with Crippen LogP contribution in [0.4, 0.5) is 0 Å². The van der Waals surface area contributed by atoms with E-state index in [-0.39, 0.29) is 0 Å². The minimum absolute atomic E-state index is 0.799. The molecule has 0 rings (SSSR count). The zero-order valence-corrected chi connectivity index (χ0v) is 6.14. The van der Waals surface area contributed by atoms with Crippen molar-refractivity contribution in [2.75, 3.05) is 26.9 Å². The Balaban J connectivity index is 2.60. The lowest BCUT2D eigenvalue weighted by atomic mass is 10.5. The van der Waals surface area contributed by atoms with Gasteiger partial charge < -0.3 is 9.57 Å². The van der Waals surface area contributed by atoms with Gasteiger partial charge in [-0.3, -0.25) is 0 Å². The summed E-state index contributed by atoms with van der Waals surface area (Å²) in [7, 11) is 1.61. The molecule has 0 fully saturated rings. The van der Waals surface area contributed by atoms with E-state index in [2.05, 4.69) is 10.3 Å². The number of ether oxygens (including phenoxy) is 1. The molecule has 9 heavy (non-hydrogen) atoms. The Bertz CT molecular complexity index is 44.3. The van der Waals surface area contributed by atoms with E-state index in [1.54, 1.807) is 7.11 Å². The van der Waals surface area contributed by atoms with Crippen molar-refractivity contribution in [1.82, 2.24) is 5.48 Å². The molecule has 0 bridgehead atoms. The zero-order chi connectivity index (χ0) is 6.95. The maximum absolute atomic E-state index is 5.08. The molecule has 0 aliphatic rings. The van der Waals surface area contributed by atoms with Crippen LogP contribution in [0.2, 0.25) is 0 Å². The van der Waals surface area contributed by atoms with Gasteiger partial charge in [0, 0.05) is 19.8 Å². The van der Waals surface area contributed by atoms with Crippen LogP contribution in [-0.4, -0.2) is 26.9 Å². The number of hydroxylamine groups is 1. The Morgan fingerprint density at radius 1 is 1.44 bits per heavy atom. The van der Waals surface area contributed by atoms with Gasteiger partial charge in [0.05, 0.1) is 7.11 Å². The fraction of sp³-hybridized carbons (Fsp3) is 1.00. The van der Waals surface area contributed by atoms with E-state index in [1.165, 1.54) is 0 Å². The highest BCUT2D eigenvalue weighted by Gasteiger charge is 1.84. The highest BCUT2D eigenvalue weighted by molar-refractivity contribution is 4.35. The van der Waals surface area contributed by atoms with Gasteiger partial charge in [-0.15, -0.1) is 0 Å². The van der Waals surface area contributed by atoms with E-state index < -0.39 is 0 Å². The van der Waals surface area contributed by atoms with Crippen molar-refractivity contribution in [3.63, 3.8) is 0 Å². The highest BCUT2D eigenvalue weighted by Crippen LogP contribution is 1.78. The van der Waals surface area contributed by atoms with Gasteiger partial charge in [0.1, 0.15) is 0 Å². The Labute approximate surface area is 56.3 Å². The van der Waals surface area contributed by atoms with E-state index in [1.807, 2.05) is 6.92 Å². The topological polar surface area (TPSA) is 30.5 Å². The Morgan fingerprint density at radius 2 is 2.22 bits per heavy atom. The Morgan fingerprint density at radius 3 is 2.78 bits per heavy atom. The molecular weight excluding hydrogens is 118 g/mol. The maximum atomic E-state index is 5.08. The monoisotopic (exact) mass is 133 g/mol. The molecule has 0 saturated heterocycles. The lowest BCUT2D eigenvalue weighted by Gasteiger charge is -2.00. The van der Waals surface area contributed by atoms with Gasteiger partial charge in [0.15, 0.2) is 0 Å². The van der Waals surface area contributed by atoms with Crippen molar-refractivity contribution in [3.05, 3.63) is 0 Å². The fourth-order valence-electron chi connectivity index (χ4n) is 0.493. The smallest absolute Gasteiger partial charge is 0.0572 e. The summed E-state index contributed by atoms with van der Waals surface area (Å²) in [6.07, 6.45) is 1.00. The first-order valence-electron chi connectivity index (χ1n) is 3.25. The predicted octanol–water partition coefficient (Wildman–Crippen LogP) is 0.564. The van der Waals surface area contributed by atoms with Crippen LogP contribution in [0.1, 0.15) is 13.3 Å². The van der Waals surface area contributed by atoms with Crippen LogP contribution >= 0.6 is 0 Å². The van der Waals surface area contributed by atoms with E-state index >= 15 is 0 Å². The molecule has 3 nitrogen and oxygen atoms in total. The van der Waals surface area contributed by atoms with Gasteiger partial charge in [0.25, 0.3) is 0 Å². The highest BCUT2D eigenvalue weighted by atomic mass is 16.6. The van der Waals surface area contributed by atoms with Crippen LogP contribution in [0.15, 0.2) is 0 Å². The van der Waals surface area contributed by atoms with Crippen molar-refractivity contribution in [3.8, 4) is 0 Å². The first-order chi connectivity index (χ1) is 4.41. The second-order valence-corrected chi connectivity index (χ2v) is 1.65. The molecule has 0 atom stereocenters. The standard InChI is InChI=1S/C6H15NO2/c1-3-9-6-4-5-7-8-2/h7H,3-6H2,1-2H3. The van der Waals surface area contributed by atoms with Gasteiger partial charge in [-0.05, 0) is 13.3 Å². The number of rotatable bonds is 6. The summed E-state index contributed by atoms with van der Waals surface area (Å²) in [5.41, 5.74) is 2.73. The van der Waals surface area contributed by atoms with Crippen LogP contribution in [0, 0.1) is 0 Å². The summed E-state index contributed by atoms with van der Waals surface area (Å²) in [5, 5.41) is 0. The third kappa shape index (κ3) is 7.88. The summed E-state index contributed by atoms with van der Waals surface area (Å²) in [4.78, 5) is 4.62. The molecule has 56 valence electrons. The number of hydrogen-bond acceptors (Lipinski definition) is 3. The zero-order valence-electron chi connectivity index (χ0n) is 6.14. The molecule has 3 heteroatoms. The average Bonchev–Trinajstić information content (AvgIpc) is 1.89. The molecule has 0 aromatic rings. The quantitative estimate of drug-likeness (QED) is 0.424. The van der Waals surface area contributed by atoms with Crippen molar-refractivity contribution in [2.45, 2.75) is 13.3 Å². The van der Waals surface area contributed by atoms with E-state index in [4.69, 9.17) is 4.74 Å². The van der Waals surface area contributed by atoms with Gasteiger partial charge in [0.2, 0.25) is 0 Å². The first-order valence-corrected chi connectivity index (χ1v) is 3.25. The van der Waals surface area contributed by atoms with E-state index in [9.17, 15) is 0 Å². The normalized spacial score (nSPS) is 10.0. The molecule has 0 spiro atoms. The molecule has 1 N–H and O–H groups in total. The molecular formula is C6H15NO2. The summed E-state index contributed by atoms with van der Waals surface area (Å²) >= 11 is 0. The molecule has 0 saturated carbocycles. The maximum Gasteiger partial charge on any atom is 0.0572 e. The second-order valence-electron chi connectivity index (χ2n) is 1.65. The van der Waals surface area contributed by atoms with E-state index in [0.29, 0.717) is 0 Å². The SMILES string of the molecule is CCOCCCNOC. The molecule has 0 radical (unpaired) electrons. The first kappa shape index (κ1) is 8.88. The number of hydrogen-bond donors (Lipinski definition) is 1. The van der Waals surface area contributed by atoms with Crippen LogP contribution in [0.5, 0.6) is 0 Å². The largest absolute Gasteiger partial charge is 0.382 e. The minimum atomic E-state index is 0.799. The van der Waals surface area contributed by atoms with Crippen LogP contribution in [-0.2, 0) is 9.57 Å². The predicted molar refractivity (Wildman–Crippen MR) is 36.1 cm³/mol. The lowest BCUT2D eigenvalue weighted by Crippen LogP contribution is -2.14. The van der Waals surface area contributed by atoms with Gasteiger partial charge in [-0.2, -0.15) is 0 Å². The summed E-state index contributed by atoms with van der Waals surface area (Å²) in [6, 6.07) is 0. The molecule has 0 aliphatic carbocycles. The van der Waals surface area contributed by atoms with E-state index in [0.717, 1.165) is 26.2 Å². The Hall–Kier alpha value is -0.120. The van der Waals surface area contributed by atoms with Crippen LogP contribution < -0.4 is 5.48 Å². The van der Waals surface area contributed by atoms with Gasteiger partial charge in [-0.1, -0.05) is 0 Å². The second kappa shape index (κ2) is 7.88. The van der Waals surface area contributed by atoms with Crippen LogP contribution in [0.3, 0.4) is 0 Å². The summed E-state index contributed by atoms with van der Waals surface area (Å²) < 4.78 is 5.08. The minimum Gasteiger partial charge on any atom is -0.382 e. The van der Waals surface area contributed by atoms with Crippen molar-refractivity contribution in [1.29, 1.82) is 0 Å². The lowest BCUT2D eigenvalue weighted by molar-refractivity contribution is 0.0774. The molecule has 0 aromatic heterocycles. The van der Waals surface area contributed by atoms with Crippen molar-refractivity contribution in [2.24, 2.45) is 0 Å². The Kier molecular flexibility index (Phi) is 7.77. The molecule has 0 aromatic carbocycles. The van der Waals surface area contributed by atoms with Gasteiger partial charge >= 0.3 is 0 Å².